The maximum Gasteiger partial charge on any atom is 0.355 e. The second-order valence-electron chi connectivity index (χ2n) is 6.69. The number of quaternary nitrogens is 1. The van der Waals surface area contributed by atoms with Gasteiger partial charge in [0.15, 0.2) is 5.43 Å². The van der Waals surface area contributed by atoms with E-state index in [1.807, 2.05) is 37.2 Å². The number of nitrogens with zero attached hydrogens (tertiary/aromatic N) is 1. The molecule has 0 saturated carbocycles. The van der Waals surface area contributed by atoms with Crippen molar-refractivity contribution in [3.63, 3.8) is 0 Å². The second kappa shape index (κ2) is 7.88. The van der Waals surface area contributed by atoms with Crippen molar-refractivity contribution in [1.82, 2.24) is 4.98 Å². The molecule has 1 aromatic heterocycles. The van der Waals surface area contributed by atoms with Crippen LogP contribution in [0.25, 0.3) is 10.9 Å². The Morgan fingerprint density at radius 1 is 1.31 bits per heavy atom. The molecular formula is C19H26N3O4+. The summed E-state index contributed by atoms with van der Waals surface area (Å²) in [5.41, 5.74) is 2.23. The van der Waals surface area contributed by atoms with Crippen molar-refractivity contribution >= 4 is 22.6 Å². The van der Waals surface area contributed by atoms with Crippen LogP contribution in [0.5, 0.6) is 0 Å². The normalized spacial score (nSPS) is 15.2. The first-order valence-corrected chi connectivity index (χ1v) is 8.96. The van der Waals surface area contributed by atoms with Gasteiger partial charge in [0, 0.05) is 25.2 Å². The molecule has 1 aromatic carbocycles. The van der Waals surface area contributed by atoms with E-state index in [1.165, 1.54) is 4.90 Å². The van der Waals surface area contributed by atoms with E-state index in [1.54, 1.807) is 6.92 Å². The zero-order valence-electron chi connectivity index (χ0n) is 15.6. The number of esters is 1. The van der Waals surface area contributed by atoms with E-state index < -0.39 is 5.97 Å². The lowest BCUT2D eigenvalue weighted by Gasteiger charge is -2.24. The number of anilines is 1. The average Bonchev–Trinajstić information content (AvgIpc) is 2.64. The number of hydrogen-bond acceptors (Lipinski definition) is 5. The Labute approximate surface area is 152 Å². The van der Waals surface area contributed by atoms with E-state index >= 15 is 0 Å². The fourth-order valence-corrected chi connectivity index (χ4v) is 3.23. The highest BCUT2D eigenvalue weighted by Crippen LogP contribution is 2.19. The van der Waals surface area contributed by atoms with E-state index in [4.69, 9.17) is 9.47 Å². The van der Waals surface area contributed by atoms with E-state index in [9.17, 15) is 9.59 Å². The zero-order valence-corrected chi connectivity index (χ0v) is 15.6. The van der Waals surface area contributed by atoms with Gasteiger partial charge in [-0.3, -0.25) is 4.79 Å². The number of aromatic nitrogens is 1. The Morgan fingerprint density at radius 2 is 2.04 bits per heavy atom. The number of morpholine rings is 1. The third-order valence-corrected chi connectivity index (χ3v) is 4.71. The summed E-state index contributed by atoms with van der Waals surface area (Å²) in [5.74, 6) is -0.481. The first kappa shape index (κ1) is 18.4. The molecular weight excluding hydrogens is 334 g/mol. The minimum atomic E-state index is -0.481. The number of H-pyrrole nitrogens is 1. The predicted molar refractivity (Wildman–Crippen MR) is 100 cm³/mol. The molecule has 0 radical (unpaired) electrons. The molecule has 3 rings (SSSR count). The highest BCUT2D eigenvalue weighted by molar-refractivity contribution is 5.93. The molecule has 2 N–H and O–H groups in total. The summed E-state index contributed by atoms with van der Waals surface area (Å²) in [6, 6.07) is 5.61. The largest absolute Gasteiger partial charge is 0.461 e. The van der Waals surface area contributed by atoms with Gasteiger partial charge in [-0.2, -0.15) is 0 Å². The summed E-state index contributed by atoms with van der Waals surface area (Å²) in [6.07, 6.45) is 0. The number of benzene rings is 1. The van der Waals surface area contributed by atoms with Crippen molar-refractivity contribution < 1.29 is 19.2 Å². The number of hydrogen-bond donors (Lipinski definition) is 2. The number of pyridine rings is 1. The number of carbonyl (C=O) groups excluding carboxylic acids is 1. The van der Waals surface area contributed by atoms with Gasteiger partial charge < -0.3 is 24.3 Å². The summed E-state index contributed by atoms with van der Waals surface area (Å²) < 4.78 is 10.6. The van der Waals surface area contributed by atoms with Gasteiger partial charge in [-0.15, -0.1) is 0 Å². The number of rotatable bonds is 5. The Bertz CT molecular complexity index is 854. The number of ether oxygens (including phenoxy) is 2. The van der Waals surface area contributed by atoms with E-state index in [2.05, 4.69) is 4.98 Å². The van der Waals surface area contributed by atoms with Crippen molar-refractivity contribution in [3.8, 4) is 0 Å². The molecule has 2 heterocycles. The topological polar surface area (TPSA) is 76.1 Å². The summed E-state index contributed by atoms with van der Waals surface area (Å²) >= 11 is 0. The molecule has 140 valence electrons. The lowest BCUT2D eigenvalue weighted by molar-refractivity contribution is -0.921. The van der Waals surface area contributed by atoms with Crippen LogP contribution in [0.1, 0.15) is 23.0 Å². The van der Waals surface area contributed by atoms with E-state index in [0.29, 0.717) is 36.2 Å². The number of aromatic amines is 1. The first-order valence-electron chi connectivity index (χ1n) is 8.96. The highest BCUT2D eigenvalue weighted by atomic mass is 16.5. The monoisotopic (exact) mass is 360 g/mol. The molecule has 0 atom stereocenters. The molecule has 7 heteroatoms. The first-order chi connectivity index (χ1) is 12.5. The fourth-order valence-electron chi connectivity index (χ4n) is 3.23. The van der Waals surface area contributed by atoms with Gasteiger partial charge in [0.2, 0.25) is 0 Å². The molecule has 0 unspecified atom stereocenters. The molecule has 0 aliphatic carbocycles. The number of fused-ring (bicyclic) bond motifs is 1. The Kier molecular flexibility index (Phi) is 5.58. The van der Waals surface area contributed by atoms with Crippen LogP contribution in [0.15, 0.2) is 23.0 Å². The quantitative estimate of drug-likeness (QED) is 0.745. The SMILES string of the molecule is CCOC(=O)c1[nH]c2ccc(N(C)C)cc2c(=O)c1C[NH+]1CCOCC1. The van der Waals surface area contributed by atoms with Crippen molar-refractivity contribution in [2.24, 2.45) is 0 Å². The molecule has 7 nitrogen and oxygen atoms in total. The lowest BCUT2D eigenvalue weighted by Crippen LogP contribution is -3.13. The van der Waals surface area contributed by atoms with Gasteiger partial charge in [0.1, 0.15) is 25.3 Å². The Balaban J connectivity index is 2.12. The molecule has 1 saturated heterocycles. The molecule has 26 heavy (non-hydrogen) atoms. The van der Waals surface area contributed by atoms with Crippen LogP contribution >= 0.6 is 0 Å². The van der Waals surface area contributed by atoms with Crippen molar-refractivity contribution in [2.75, 3.05) is 51.9 Å². The summed E-state index contributed by atoms with van der Waals surface area (Å²) in [6.45, 7) is 5.47. The van der Waals surface area contributed by atoms with Crippen molar-refractivity contribution in [1.29, 1.82) is 0 Å². The van der Waals surface area contributed by atoms with Gasteiger partial charge in [-0.05, 0) is 25.1 Å². The Hall–Kier alpha value is -2.38. The zero-order chi connectivity index (χ0) is 18.7. The van der Waals surface area contributed by atoms with E-state index in [-0.39, 0.29) is 17.7 Å². The maximum atomic E-state index is 13.2. The molecule has 0 spiro atoms. The highest BCUT2D eigenvalue weighted by Gasteiger charge is 2.24. The summed E-state index contributed by atoms with van der Waals surface area (Å²) in [7, 11) is 3.86. The van der Waals surface area contributed by atoms with Crippen LogP contribution < -0.4 is 15.2 Å². The lowest BCUT2D eigenvalue weighted by atomic mass is 10.1. The van der Waals surface area contributed by atoms with E-state index in [0.717, 1.165) is 18.8 Å². The van der Waals surface area contributed by atoms with Gasteiger partial charge >= 0.3 is 5.97 Å². The molecule has 1 aliphatic heterocycles. The number of nitrogens with one attached hydrogen (secondary N) is 2. The summed E-state index contributed by atoms with van der Waals surface area (Å²) in [4.78, 5) is 32.0. The van der Waals surface area contributed by atoms with Gasteiger partial charge in [-0.25, -0.2) is 4.79 Å². The van der Waals surface area contributed by atoms with Crippen molar-refractivity contribution in [2.45, 2.75) is 13.5 Å². The average molecular weight is 360 g/mol. The van der Waals surface area contributed by atoms with Gasteiger partial charge in [-0.1, -0.05) is 0 Å². The molecule has 1 fully saturated rings. The third-order valence-electron chi connectivity index (χ3n) is 4.71. The standard InChI is InChI=1S/C19H25N3O4/c1-4-26-19(24)17-15(12-22-7-9-25-10-8-22)18(23)14-11-13(21(2)3)5-6-16(14)20-17/h5-6,11H,4,7-10,12H2,1-3H3,(H,20,23)/p+1. The molecule has 0 amide bonds. The second-order valence-corrected chi connectivity index (χ2v) is 6.69. The minimum Gasteiger partial charge on any atom is -0.461 e. The fraction of sp³-hybridized carbons (Fsp3) is 0.474. The number of carbonyl (C=O) groups is 1. The molecule has 1 aliphatic rings. The van der Waals surface area contributed by atoms with Gasteiger partial charge in [0.05, 0.1) is 30.9 Å². The van der Waals surface area contributed by atoms with Crippen molar-refractivity contribution in [3.05, 3.63) is 39.7 Å². The van der Waals surface area contributed by atoms with Crippen LogP contribution in [0.4, 0.5) is 5.69 Å². The smallest absolute Gasteiger partial charge is 0.355 e. The Morgan fingerprint density at radius 3 is 2.69 bits per heavy atom. The maximum absolute atomic E-state index is 13.2. The third kappa shape index (κ3) is 3.73. The molecule has 2 aromatic rings. The van der Waals surface area contributed by atoms with Crippen LogP contribution in [-0.4, -0.2) is 58.0 Å². The van der Waals surface area contributed by atoms with Crippen LogP contribution in [-0.2, 0) is 16.0 Å². The molecule has 0 bridgehead atoms. The minimum absolute atomic E-state index is 0.107. The predicted octanol–water partition coefficient (Wildman–Crippen LogP) is 0.186. The van der Waals surface area contributed by atoms with Crippen LogP contribution in [0.2, 0.25) is 0 Å². The van der Waals surface area contributed by atoms with Gasteiger partial charge in [0.25, 0.3) is 0 Å². The van der Waals surface area contributed by atoms with Crippen LogP contribution in [0, 0.1) is 0 Å². The van der Waals surface area contributed by atoms with Crippen LogP contribution in [0.3, 0.4) is 0 Å². The summed E-state index contributed by atoms with van der Waals surface area (Å²) in [5, 5.41) is 0.590.